The van der Waals surface area contributed by atoms with E-state index in [0.29, 0.717) is 29.4 Å². The van der Waals surface area contributed by atoms with Crippen LogP contribution in [0.3, 0.4) is 0 Å². The van der Waals surface area contributed by atoms with Crippen LogP contribution in [0.15, 0.2) is 83.8 Å². The number of primary amides is 1. The van der Waals surface area contributed by atoms with Gasteiger partial charge in [-0.3, -0.25) is 29.1 Å². The standard InChI is InChI=1S/C40H42N5O9PS/c1-21(54-20-22-5-6-23-7-10-29(56)17-27(23)15-22)30(13-14-35(41)46)43-38(48)34-19-25-4-2-3-24-8-12-32(39(49)45(34)36(24)25)44-37(47)33-18-28-16-26(9-11-31(28)42-33)40(50)55(51,52)53/h2-7,9-11,15-18,21,30,32,34,38,42-43,48,56H,8,12-14,19-20H2,1H3,(H2,41,46)(H,44,47)(H2,51,52,53)/t21-,30+,32+,34+,38?/m1/s1. The molecule has 0 fully saturated rings. The van der Waals surface area contributed by atoms with Gasteiger partial charge in [0.1, 0.15) is 18.0 Å². The Labute approximate surface area is 327 Å². The molecule has 0 bridgehead atoms. The van der Waals surface area contributed by atoms with Crippen molar-refractivity contribution in [3.8, 4) is 0 Å². The lowest BCUT2D eigenvalue weighted by Gasteiger charge is -2.35. The molecule has 0 radical (unpaired) electrons. The fourth-order valence-corrected chi connectivity index (χ4v) is 8.33. The predicted molar refractivity (Wildman–Crippen MR) is 212 cm³/mol. The molecule has 4 aromatic carbocycles. The lowest BCUT2D eigenvalue weighted by molar-refractivity contribution is -0.121. The first-order valence-corrected chi connectivity index (χ1v) is 20.3. The van der Waals surface area contributed by atoms with Gasteiger partial charge in [-0.1, -0.05) is 36.4 Å². The number of nitrogens with two attached hydrogens (primary N) is 1. The van der Waals surface area contributed by atoms with Crippen LogP contribution in [0.1, 0.15) is 63.7 Å². The average molecular weight is 800 g/mol. The Kier molecular flexibility index (Phi) is 11.2. The maximum atomic E-state index is 14.4. The normalized spacial score (nSPS) is 18.4. The van der Waals surface area contributed by atoms with Crippen molar-refractivity contribution in [3.05, 3.63) is 107 Å². The highest BCUT2D eigenvalue weighted by Gasteiger charge is 2.44. The third kappa shape index (κ3) is 8.30. The SMILES string of the molecule is C[C@@H](OCc1ccc2ccc(S)cc2c1)[C@H](CCC(N)=O)NC(O)[C@@H]1Cc2cccc3c2N1C(=O)[C@@H](NC(=O)c1cc2cc(C(=O)P(=O)(O)O)ccc2[nH]1)CC3. The molecule has 2 aliphatic heterocycles. The molecule has 0 saturated carbocycles. The molecule has 0 saturated heterocycles. The van der Waals surface area contributed by atoms with E-state index in [2.05, 4.69) is 28.2 Å². The molecule has 292 valence electrons. The van der Waals surface area contributed by atoms with Crippen LogP contribution in [0.5, 0.6) is 0 Å². The van der Waals surface area contributed by atoms with Crippen molar-refractivity contribution in [2.45, 2.75) is 81.0 Å². The van der Waals surface area contributed by atoms with E-state index in [1.807, 2.05) is 61.5 Å². The van der Waals surface area contributed by atoms with Gasteiger partial charge in [-0.25, -0.2) is 0 Å². The van der Waals surface area contributed by atoms with Gasteiger partial charge >= 0.3 is 7.60 Å². The van der Waals surface area contributed by atoms with Crippen LogP contribution >= 0.6 is 20.2 Å². The Bertz CT molecular complexity index is 2410. The highest BCUT2D eigenvalue weighted by atomic mass is 32.1. The van der Waals surface area contributed by atoms with Crippen LogP contribution < -0.4 is 21.3 Å². The third-order valence-corrected chi connectivity index (χ3v) is 11.6. The number of aromatic nitrogens is 1. The summed E-state index contributed by atoms with van der Waals surface area (Å²) in [5.74, 6) is -1.50. The van der Waals surface area contributed by atoms with E-state index in [9.17, 15) is 38.6 Å². The number of amides is 3. The largest absolute Gasteiger partial charge is 0.396 e. The zero-order valence-corrected chi connectivity index (χ0v) is 32.1. The van der Waals surface area contributed by atoms with E-state index in [-0.39, 0.29) is 37.1 Å². The fraction of sp³-hybridized carbons (Fsp3) is 0.300. The van der Waals surface area contributed by atoms with E-state index >= 15 is 0 Å². The zero-order chi connectivity index (χ0) is 39.9. The number of para-hydroxylation sites is 1. The summed E-state index contributed by atoms with van der Waals surface area (Å²) >= 11 is 4.45. The van der Waals surface area contributed by atoms with E-state index in [1.54, 1.807) is 4.90 Å². The molecule has 3 heterocycles. The quantitative estimate of drug-likeness (QED) is 0.0457. The van der Waals surface area contributed by atoms with Crippen molar-refractivity contribution < 1.29 is 43.4 Å². The molecule has 0 aliphatic carbocycles. The Morgan fingerprint density at radius 1 is 1.02 bits per heavy atom. The molecule has 8 N–H and O–H groups in total. The van der Waals surface area contributed by atoms with Gasteiger partial charge < -0.3 is 40.6 Å². The lowest BCUT2D eigenvalue weighted by atomic mass is 10.0. The summed E-state index contributed by atoms with van der Waals surface area (Å²) in [4.78, 5) is 76.0. The monoisotopic (exact) mass is 799 g/mol. The number of aliphatic hydroxyl groups is 1. The first-order valence-electron chi connectivity index (χ1n) is 18.2. The van der Waals surface area contributed by atoms with E-state index in [0.717, 1.165) is 32.4 Å². The summed E-state index contributed by atoms with van der Waals surface area (Å²) in [5.41, 5.74) is 7.94. The first kappa shape index (κ1) is 39.4. The molecule has 1 unspecified atom stereocenters. The van der Waals surface area contributed by atoms with Gasteiger partial charge in [0.25, 0.3) is 11.4 Å². The highest BCUT2D eigenvalue weighted by Crippen LogP contribution is 2.41. The number of fused-ring (bicyclic) bond motifs is 2. The molecule has 0 spiro atoms. The van der Waals surface area contributed by atoms with Gasteiger partial charge in [0.15, 0.2) is 0 Å². The van der Waals surface area contributed by atoms with Crippen molar-refractivity contribution in [3.63, 3.8) is 0 Å². The Hall–Kier alpha value is -4.86. The number of thiol groups is 1. The van der Waals surface area contributed by atoms with Crippen molar-refractivity contribution >= 4 is 70.8 Å². The number of nitrogens with zero attached hydrogens (tertiary/aromatic N) is 1. The number of H-pyrrole nitrogens is 1. The topological polar surface area (TPSA) is 224 Å². The minimum absolute atomic E-state index is 0.0413. The van der Waals surface area contributed by atoms with Gasteiger partial charge in [0.2, 0.25) is 11.8 Å². The maximum Gasteiger partial charge on any atom is 0.396 e. The molecule has 5 atom stereocenters. The molecule has 5 aromatic rings. The predicted octanol–water partition coefficient (Wildman–Crippen LogP) is 4.08. The van der Waals surface area contributed by atoms with Crippen LogP contribution in [-0.2, 0) is 38.3 Å². The number of aliphatic hydroxyl groups excluding tert-OH is 1. The van der Waals surface area contributed by atoms with E-state index < -0.39 is 61.3 Å². The lowest BCUT2D eigenvalue weighted by Crippen LogP contribution is -2.58. The van der Waals surface area contributed by atoms with Crippen LogP contribution in [0.4, 0.5) is 5.69 Å². The summed E-state index contributed by atoms with van der Waals surface area (Å²) in [6.07, 6.45) is -0.335. The van der Waals surface area contributed by atoms with Crippen LogP contribution in [-0.4, -0.2) is 73.6 Å². The minimum atomic E-state index is -5.01. The second-order valence-corrected chi connectivity index (χ2v) is 16.4. The molecular weight excluding hydrogens is 758 g/mol. The molecule has 3 amide bonds. The molecular formula is C40H42N5O9PS. The van der Waals surface area contributed by atoms with Crippen molar-refractivity contribution in [2.24, 2.45) is 5.73 Å². The van der Waals surface area contributed by atoms with Crippen molar-refractivity contribution in [1.82, 2.24) is 15.6 Å². The molecule has 14 nitrogen and oxygen atoms in total. The fourth-order valence-electron chi connectivity index (χ4n) is 7.65. The Morgan fingerprint density at radius 2 is 1.79 bits per heavy atom. The van der Waals surface area contributed by atoms with Crippen molar-refractivity contribution in [2.75, 3.05) is 4.90 Å². The molecule has 16 heteroatoms. The average Bonchev–Trinajstić information content (AvgIpc) is 3.74. The molecule has 7 rings (SSSR count). The number of aromatic amines is 1. The van der Waals surface area contributed by atoms with Gasteiger partial charge in [0, 0.05) is 33.8 Å². The molecule has 2 aliphatic rings. The van der Waals surface area contributed by atoms with Gasteiger partial charge in [0.05, 0.1) is 24.4 Å². The van der Waals surface area contributed by atoms with E-state index in [4.69, 9.17) is 10.5 Å². The Morgan fingerprint density at radius 3 is 2.55 bits per heavy atom. The Balaban J connectivity index is 1.08. The van der Waals surface area contributed by atoms with Crippen LogP contribution in [0.2, 0.25) is 0 Å². The summed E-state index contributed by atoms with van der Waals surface area (Å²) in [5, 5.41) is 20.4. The first-order chi connectivity index (χ1) is 26.7. The second kappa shape index (κ2) is 15.9. The minimum Gasteiger partial charge on any atom is -0.376 e. The summed E-state index contributed by atoms with van der Waals surface area (Å²) in [7, 11) is -5.01. The number of aryl methyl sites for hydroxylation is 1. The summed E-state index contributed by atoms with van der Waals surface area (Å²) in [6.45, 7) is 2.12. The number of anilines is 1. The number of hydrogen-bond acceptors (Lipinski definition) is 9. The van der Waals surface area contributed by atoms with Gasteiger partial charge in [-0.2, -0.15) is 0 Å². The van der Waals surface area contributed by atoms with Gasteiger partial charge in [-0.15, -0.1) is 12.6 Å². The third-order valence-electron chi connectivity index (χ3n) is 10.5. The summed E-state index contributed by atoms with van der Waals surface area (Å²) < 4.78 is 17.8. The number of hydrogen-bond donors (Lipinski definition) is 8. The number of carbonyl (C=O) groups excluding carboxylic acids is 4. The smallest absolute Gasteiger partial charge is 0.376 e. The van der Waals surface area contributed by atoms with Crippen LogP contribution in [0, 0.1) is 0 Å². The maximum absolute atomic E-state index is 14.4. The number of benzene rings is 4. The second-order valence-electron chi connectivity index (χ2n) is 14.4. The molecule has 56 heavy (non-hydrogen) atoms. The van der Waals surface area contributed by atoms with Crippen molar-refractivity contribution in [1.29, 1.82) is 0 Å². The number of rotatable bonds is 14. The molecule has 1 aromatic heterocycles. The van der Waals surface area contributed by atoms with Gasteiger partial charge in [-0.05, 0) is 103 Å². The highest BCUT2D eigenvalue weighted by molar-refractivity contribution is 7.80. The van der Waals surface area contributed by atoms with E-state index in [1.165, 1.54) is 24.3 Å². The zero-order valence-electron chi connectivity index (χ0n) is 30.3. The van der Waals surface area contributed by atoms with Crippen LogP contribution in [0.25, 0.3) is 21.7 Å². The summed E-state index contributed by atoms with van der Waals surface area (Å²) in [6, 6.07) is 20.8. The number of carbonyl (C=O) groups is 4. The number of ether oxygens (including phenoxy) is 1. The number of nitrogens with one attached hydrogen (secondary N) is 3.